The Balaban J connectivity index is 1.27. The Morgan fingerprint density at radius 1 is 0.581 bits per heavy atom. The lowest BCUT2D eigenvalue weighted by Gasteiger charge is -2.49. The average molecular weight is 621 g/mol. The van der Waals surface area contributed by atoms with Gasteiger partial charge in [0.05, 0.1) is 19.2 Å². The summed E-state index contributed by atoms with van der Waals surface area (Å²) in [5, 5.41) is 0. The fraction of sp³-hybridized carbons (Fsp3) is 0.667. The Morgan fingerprint density at radius 3 is 1.35 bits per heavy atom. The van der Waals surface area contributed by atoms with Crippen molar-refractivity contribution in [1.82, 2.24) is 0 Å². The number of rotatable bonds is 4. The van der Waals surface area contributed by atoms with E-state index in [1.165, 1.54) is 37.1 Å². The van der Waals surface area contributed by atoms with Gasteiger partial charge >= 0.3 is 12.4 Å². The second-order valence-corrected chi connectivity index (χ2v) is 20.3. The number of hydrogen-bond donors (Lipinski definition) is 0. The first-order chi connectivity index (χ1) is 20.2. The normalized spacial score (nSPS) is 36.8. The van der Waals surface area contributed by atoms with Gasteiger partial charge in [-0.2, -0.15) is 26.3 Å². The number of benzene rings is 2. The summed E-state index contributed by atoms with van der Waals surface area (Å²) >= 11 is 0. The van der Waals surface area contributed by atoms with E-state index in [1.807, 2.05) is 12.1 Å². The maximum absolute atomic E-state index is 13.6. The second kappa shape index (κ2) is 11.2. The molecule has 0 N–H and O–H groups in total. The summed E-state index contributed by atoms with van der Waals surface area (Å²) in [6.07, 6.45) is -0.0542. The summed E-state index contributed by atoms with van der Waals surface area (Å²) in [6.45, 7) is 10.0. The third kappa shape index (κ3) is 5.63. The molecule has 0 heterocycles. The van der Waals surface area contributed by atoms with Crippen molar-refractivity contribution in [2.45, 2.75) is 114 Å². The number of fused-ring (bicyclic) bond motifs is 2. The third-order valence-electron chi connectivity index (χ3n) is 12.7. The molecule has 4 aliphatic carbocycles. The predicted octanol–water partition coefficient (Wildman–Crippen LogP) is 12.0. The van der Waals surface area contributed by atoms with E-state index in [0.717, 1.165) is 49.7 Å². The van der Waals surface area contributed by atoms with Crippen LogP contribution in [0.4, 0.5) is 26.3 Å². The quantitative estimate of drug-likeness (QED) is 0.236. The largest absolute Gasteiger partial charge is 0.416 e. The highest BCUT2D eigenvalue weighted by molar-refractivity contribution is 6.80. The lowest BCUT2D eigenvalue weighted by Crippen LogP contribution is -2.47. The second-order valence-electron chi connectivity index (χ2n) is 15.3. The predicted molar refractivity (Wildman–Crippen MR) is 163 cm³/mol. The zero-order valence-electron chi connectivity index (χ0n) is 25.8. The van der Waals surface area contributed by atoms with Crippen LogP contribution in [-0.2, 0) is 12.4 Å². The molecule has 2 aromatic rings. The molecule has 0 nitrogen and oxygen atoms in total. The van der Waals surface area contributed by atoms with E-state index in [0.29, 0.717) is 46.6 Å². The molecule has 0 saturated heterocycles. The Hall–Kier alpha value is -1.76. The molecule has 0 amide bonds. The zero-order chi connectivity index (χ0) is 30.9. The summed E-state index contributed by atoms with van der Waals surface area (Å²) < 4.78 is 81.6. The Kier molecular flexibility index (Phi) is 8.16. The van der Waals surface area contributed by atoms with Crippen molar-refractivity contribution >= 4 is 8.07 Å². The first kappa shape index (κ1) is 31.2. The summed E-state index contributed by atoms with van der Waals surface area (Å²) in [4.78, 5) is 0. The number of alkyl halides is 6. The third-order valence-corrected chi connectivity index (χ3v) is 18.1. The summed E-state index contributed by atoms with van der Waals surface area (Å²) in [7, 11) is -1.88. The van der Waals surface area contributed by atoms with Crippen LogP contribution in [0.15, 0.2) is 48.5 Å². The molecule has 4 fully saturated rings. The summed E-state index contributed by atoms with van der Waals surface area (Å²) in [5.74, 6) is 3.45. The standard InChI is InChI=1S/C36H46F6Si/c1-21-17-31-27(23-9-5-11-25(19-23)35(37,38)39)13-7-15-29(31)33(21)43(3,4)34-22(2)18-32-28(14-8-16-30(32)34)24-10-6-12-26(20-24)36(40,41)42/h5-6,9-12,19-22,27-34H,7-8,13-18H2,1-4H3. The number of halogens is 6. The van der Waals surface area contributed by atoms with Gasteiger partial charge in [0.2, 0.25) is 0 Å². The van der Waals surface area contributed by atoms with Crippen LogP contribution in [-0.4, -0.2) is 8.07 Å². The molecule has 236 valence electrons. The van der Waals surface area contributed by atoms with E-state index in [1.54, 1.807) is 12.1 Å². The fourth-order valence-electron chi connectivity index (χ4n) is 11.7. The number of hydrogen-bond acceptors (Lipinski definition) is 0. The van der Waals surface area contributed by atoms with Crippen LogP contribution >= 0.6 is 0 Å². The Morgan fingerprint density at radius 2 is 0.977 bits per heavy atom. The first-order valence-electron chi connectivity index (χ1n) is 16.5. The summed E-state index contributed by atoms with van der Waals surface area (Å²) in [6, 6.07) is 12.2. The SMILES string of the molecule is CC1CC2C(c3cccc(C(F)(F)F)c3)CCCC2C1[Si](C)(C)C1C(C)CC2C(c3cccc(C(F)(F)F)c3)CCCC21. The molecule has 10 atom stereocenters. The molecular weight excluding hydrogens is 574 g/mol. The fourth-order valence-corrected chi connectivity index (χ4v) is 18.4. The van der Waals surface area contributed by atoms with Gasteiger partial charge in [-0.1, -0.05) is 89.0 Å². The highest BCUT2D eigenvalue weighted by atomic mass is 28.3. The molecule has 0 spiro atoms. The molecule has 0 radical (unpaired) electrons. The zero-order valence-corrected chi connectivity index (χ0v) is 26.8. The van der Waals surface area contributed by atoms with E-state index < -0.39 is 31.6 Å². The van der Waals surface area contributed by atoms with Crippen molar-refractivity contribution in [2.75, 3.05) is 0 Å². The van der Waals surface area contributed by atoms with Gasteiger partial charge in [-0.3, -0.25) is 0 Å². The van der Waals surface area contributed by atoms with Crippen molar-refractivity contribution in [3.8, 4) is 0 Å². The molecule has 4 aliphatic rings. The maximum Gasteiger partial charge on any atom is 0.416 e. The van der Waals surface area contributed by atoms with Gasteiger partial charge in [-0.05, 0) is 107 Å². The van der Waals surface area contributed by atoms with Crippen molar-refractivity contribution in [3.63, 3.8) is 0 Å². The van der Waals surface area contributed by atoms with Crippen LogP contribution in [0.5, 0.6) is 0 Å². The van der Waals surface area contributed by atoms with Crippen molar-refractivity contribution in [1.29, 1.82) is 0 Å². The van der Waals surface area contributed by atoms with E-state index in [4.69, 9.17) is 0 Å². The van der Waals surface area contributed by atoms with Gasteiger partial charge in [-0.25, -0.2) is 0 Å². The van der Waals surface area contributed by atoms with E-state index in [-0.39, 0.29) is 11.8 Å². The summed E-state index contributed by atoms with van der Waals surface area (Å²) in [5.41, 5.74) is 1.91. The Bertz CT molecular complexity index is 1200. The lowest BCUT2D eigenvalue weighted by molar-refractivity contribution is -0.138. The van der Waals surface area contributed by atoms with Crippen LogP contribution < -0.4 is 0 Å². The van der Waals surface area contributed by atoms with Crippen molar-refractivity contribution in [3.05, 3.63) is 70.8 Å². The van der Waals surface area contributed by atoms with Gasteiger partial charge in [0, 0.05) is 0 Å². The minimum atomic E-state index is -4.33. The molecule has 7 heteroatoms. The minimum absolute atomic E-state index is 0.187. The molecule has 10 unspecified atom stereocenters. The monoisotopic (exact) mass is 620 g/mol. The van der Waals surface area contributed by atoms with E-state index >= 15 is 0 Å². The average Bonchev–Trinajstić information content (AvgIpc) is 3.48. The minimum Gasteiger partial charge on any atom is -0.166 e. The van der Waals surface area contributed by atoms with Crippen LogP contribution in [0.25, 0.3) is 0 Å². The van der Waals surface area contributed by atoms with Crippen LogP contribution in [0.3, 0.4) is 0 Å². The van der Waals surface area contributed by atoms with Gasteiger partial charge < -0.3 is 0 Å². The van der Waals surface area contributed by atoms with Crippen molar-refractivity contribution in [2.24, 2.45) is 35.5 Å². The van der Waals surface area contributed by atoms with Crippen LogP contribution in [0.1, 0.15) is 99.3 Å². The molecule has 6 rings (SSSR count). The smallest absolute Gasteiger partial charge is 0.166 e. The van der Waals surface area contributed by atoms with Crippen LogP contribution in [0.2, 0.25) is 24.2 Å². The first-order valence-corrected chi connectivity index (χ1v) is 19.7. The molecule has 0 aliphatic heterocycles. The van der Waals surface area contributed by atoms with Gasteiger partial charge in [-0.15, -0.1) is 0 Å². The molecule has 2 aromatic carbocycles. The van der Waals surface area contributed by atoms with Gasteiger partial charge in [0.1, 0.15) is 0 Å². The Labute approximate surface area is 254 Å². The van der Waals surface area contributed by atoms with Gasteiger partial charge in [0.15, 0.2) is 0 Å². The molecule has 4 saturated carbocycles. The van der Waals surface area contributed by atoms with E-state index in [2.05, 4.69) is 26.9 Å². The van der Waals surface area contributed by atoms with Crippen LogP contribution in [0, 0.1) is 35.5 Å². The van der Waals surface area contributed by atoms with E-state index in [9.17, 15) is 26.3 Å². The lowest BCUT2D eigenvalue weighted by atomic mass is 9.70. The topological polar surface area (TPSA) is 0 Å². The van der Waals surface area contributed by atoms with Gasteiger partial charge in [0.25, 0.3) is 0 Å². The molecule has 0 bridgehead atoms. The molecule has 0 aromatic heterocycles. The maximum atomic E-state index is 13.6. The molecular formula is C36H46F6Si. The highest BCUT2D eigenvalue weighted by Gasteiger charge is 2.59. The molecule has 43 heavy (non-hydrogen) atoms. The highest BCUT2D eigenvalue weighted by Crippen LogP contribution is 2.67. The van der Waals surface area contributed by atoms with Crippen molar-refractivity contribution < 1.29 is 26.3 Å².